The standard InChI is InChI=1S/C22H22N4O.C2H2O4/c27-22(20-13-17-5-1-2-6-18(17)24-20)25-11-9-16(10-12-25)14-26-15-23-19-7-3-4-8-21(19)26;3-1(4)2(5)6/h1-8,13,15-16,24H,9-12,14H2;(H,3,4)(H,5,6). The Bertz CT molecular complexity index is 1260. The maximum Gasteiger partial charge on any atom is 0.414 e. The van der Waals surface area contributed by atoms with Crippen LogP contribution in [0.4, 0.5) is 0 Å². The molecule has 5 rings (SSSR count). The second-order valence-corrected chi connectivity index (χ2v) is 8.00. The normalized spacial score (nSPS) is 14.1. The molecule has 2 aromatic carbocycles. The third-order valence-corrected chi connectivity index (χ3v) is 5.83. The fraction of sp³-hybridized carbons (Fsp3) is 0.250. The Hall–Kier alpha value is -4.14. The number of nitrogens with one attached hydrogen (secondary N) is 1. The van der Waals surface area contributed by atoms with Crippen LogP contribution in [0.2, 0.25) is 0 Å². The van der Waals surface area contributed by atoms with Crippen molar-refractivity contribution in [2.75, 3.05) is 13.1 Å². The van der Waals surface area contributed by atoms with Crippen LogP contribution >= 0.6 is 0 Å². The van der Waals surface area contributed by atoms with Crippen molar-refractivity contribution in [1.82, 2.24) is 19.4 Å². The van der Waals surface area contributed by atoms with E-state index in [4.69, 9.17) is 19.8 Å². The molecule has 0 unspecified atom stereocenters. The molecule has 170 valence electrons. The van der Waals surface area contributed by atoms with Crippen molar-refractivity contribution in [3.05, 3.63) is 66.6 Å². The number of rotatable bonds is 3. The van der Waals surface area contributed by atoms with Crippen LogP contribution in [0.1, 0.15) is 23.3 Å². The number of hydrogen-bond acceptors (Lipinski definition) is 4. The number of aliphatic carboxylic acids is 2. The summed E-state index contributed by atoms with van der Waals surface area (Å²) < 4.78 is 2.25. The third-order valence-electron chi connectivity index (χ3n) is 5.83. The zero-order valence-electron chi connectivity index (χ0n) is 17.8. The summed E-state index contributed by atoms with van der Waals surface area (Å²) in [7, 11) is 0. The van der Waals surface area contributed by atoms with Crippen molar-refractivity contribution in [3.63, 3.8) is 0 Å². The van der Waals surface area contributed by atoms with E-state index >= 15 is 0 Å². The van der Waals surface area contributed by atoms with E-state index in [9.17, 15) is 4.79 Å². The first kappa shape index (κ1) is 22.1. The molecule has 0 aliphatic carbocycles. The van der Waals surface area contributed by atoms with E-state index in [1.807, 2.05) is 53.7 Å². The molecule has 3 N–H and O–H groups in total. The minimum Gasteiger partial charge on any atom is -0.473 e. The highest BCUT2D eigenvalue weighted by Gasteiger charge is 2.25. The fourth-order valence-electron chi connectivity index (χ4n) is 4.11. The number of carboxylic acids is 2. The number of fused-ring (bicyclic) bond motifs is 2. The first-order valence-corrected chi connectivity index (χ1v) is 10.7. The molecule has 1 saturated heterocycles. The van der Waals surface area contributed by atoms with E-state index in [0.717, 1.165) is 48.9 Å². The van der Waals surface area contributed by atoms with Gasteiger partial charge in [-0.15, -0.1) is 0 Å². The molecular weight excluding hydrogens is 424 g/mol. The number of H-pyrrole nitrogens is 1. The number of carboxylic acid groups (broad SMARTS) is 2. The van der Waals surface area contributed by atoms with Gasteiger partial charge in [0.2, 0.25) is 0 Å². The maximum absolute atomic E-state index is 12.8. The van der Waals surface area contributed by atoms with Gasteiger partial charge in [0.15, 0.2) is 0 Å². The van der Waals surface area contributed by atoms with E-state index < -0.39 is 11.9 Å². The van der Waals surface area contributed by atoms with Gasteiger partial charge in [-0.2, -0.15) is 0 Å². The number of amides is 1. The molecule has 0 bridgehead atoms. The molecule has 3 heterocycles. The molecule has 1 fully saturated rings. The summed E-state index contributed by atoms with van der Waals surface area (Å²) in [6, 6.07) is 18.2. The van der Waals surface area contributed by atoms with Crippen molar-refractivity contribution < 1.29 is 24.6 Å². The van der Waals surface area contributed by atoms with Crippen molar-refractivity contribution in [3.8, 4) is 0 Å². The summed E-state index contributed by atoms with van der Waals surface area (Å²) in [5.41, 5.74) is 3.94. The Labute approximate surface area is 189 Å². The highest BCUT2D eigenvalue weighted by atomic mass is 16.4. The van der Waals surface area contributed by atoms with Crippen LogP contribution in [0.3, 0.4) is 0 Å². The Morgan fingerprint density at radius 3 is 2.33 bits per heavy atom. The summed E-state index contributed by atoms with van der Waals surface area (Å²) in [6.07, 6.45) is 3.99. The Balaban J connectivity index is 0.000000385. The Morgan fingerprint density at radius 2 is 1.64 bits per heavy atom. The van der Waals surface area contributed by atoms with Crippen LogP contribution in [-0.2, 0) is 16.1 Å². The summed E-state index contributed by atoms with van der Waals surface area (Å²) >= 11 is 0. The third kappa shape index (κ3) is 5.03. The second-order valence-electron chi connectivity index (χ2n) is 8.00. The van der Waals surface area contributed by atoms with Crippen LogP contribution in [0.25, 0.3) is 21.9 Å². The number of carbonyl (C=O) groups is 3. The van der Waals surface area contributed by atoms with Crippen molar-refractivity contribution in [2.45, 2.75) is 19.4 Å². The van der Waals surface area contributed by atoms with Crippen LogP contribution in [0.5, 0.6) is 0 Å². The number of aromatic amines is 1. The molecule has 1 amide bonds. The molecule has 33 heavy (non-hydrogen) atoms. The molecule has 0 radical (unpaired) electrons. The number of benzene rings is 2. The minimum absolute atomic E-state index is 0.109. The number of carbonyl (C=O) groups excluding carboxylic acids is 1. The number of nitrogens with zero attached hydrogens (tertiary/aromatic N) is 3. The average Bonchev–Trinajstić information content (AvgIpc) is 3.44. The summed E-state index contributed by atoms with van der Waals surface area (Å²) in [5.74, 6) is -2.96. The van der Waals surface area contributed by atoms with Gasteiger partial charge < -0.3 is 24.7 Å². The smallest absolute Gasteiger partial charge is 0.414 e. The number of para-hydroxylation sites is 3. The van der Waals surface area contributed by atoms with Gasteiger partial charge in [0.05, 0.1) is 17.4 Å². The van der Waals surface area contributed by atoms with Crippen molar-refractivity contribution in [2.24, 2.45) is 5.92 Å². The van der Waals surface area contributed by atoms with E-state index in [-0.39, 0.29) is 5.91 Å². The van der Waals surface area contributed by atoms with E-state index in [0.29, 0.717) is 11.6 Å². The quantitative estimate of drug-likeness (QED) is 0.413. The number of aromatic nitrogens is 3. The molecule has 0 atom stereocenters. The number of hydrogen-bond donors (Lipinski definition) is 3. The second kappa shape index (κ2) is 9.56. The number of likely N-dealkylation sites (tertiary alicyclic amines) is 1. The van der Waals surface area contributed by atoms with Crippen molar-refractivity contribution in [1.29, 1.82) is 0 Å². The van der Waals surface area contributed by atoms with Gasteiger partial charge in [-0.3, -0.25) is 4.79 Å². The Kier molecular flexibility index (Phi) is 6.39. The van der Waals surface area contributed by atoms with E-state index in [1.54, 1.807) is 0 Å². The zero-order chi connectivity index (χ0) is 23.4. The largest absolute Gasteiger partial charge is 0.473 e. The first-order valence-electron chi connectivity index (χ1n) is 10.7. The molecule has 9 nitrogen and oxygen atoms in total. The molecular formula is C24H24N4O5. The van der Waals surface area contributed by atoms with Crippen LogP contribution < -0.4 is 0 Å². The lowest BCUT2D eigenvalue weighted by atomic mass is 9.96. The van der Waals surface area contributed by atoms with Crippen LogP contribution in [0, 0.1) is 5.92 Å². The molecule has 0 spiro atoms. The Morgan fingerprint density at radius 1 is 0.970 bits per heavy atom. The highest BCUT2D eigenvalue weighted by Crippen LogP contribution is 2.24. The maximum atomic E-state index is 12.8. The molecule has 2 aromatic heterocycles. The molecule has 1 aliphatic heterocycles. The molecule has 1 aliphatic rings. The lowest BCUT2D eigenvalue weighted by molar-refractivity contribution is -0.159. The first-order chi connectivity index (χ1) is 15.9. The fourth-order valence-corrected chi connectivity index (χ4v) is 4.11. The van der Waals surface area contributed by atoms with Gasteiger partial charge in [-0.1, -0.05) is 30.3 Å². The minimum atomic E-state index is -1.82. The predicted octanol–water partition coefficient (Wildman–Crippen LogP) is 3.23. The summed E-state index contributed by atoms with van der Waals surface area (Å²) in [6.45, 7) is 2.59. The van der Waals surface area contributed by atoms with E-state index in [1.165, 1.54) is 5.52 Å². The average molecular weight is 448 g/mol. The number of piperidine rings is 1. The van der Waals surface area contributed by atoms with Gasteiger partial charge in [0, 0.05) is 30.5 Å². The topological polar surface area (TPSA) is 129 Å². The van der Waals surface area contributed by atoms with Gasteiger partial charge in [0.1, 0.15) is 5.69 Å². The molecule has 9 heteroatoms. The zero-order valence-corrected chi connectivity index (χ0v) is 17.8. The van der Waals surface area contributed by atoms with Gasteiger partial charge >= 0.3 is 11.9 Å². The monoisotopic (exact) mass is 448 g/mol. The van der Waals surface area contributed by atoms with Crippen LogP contribution in [0.15, 0.2) is 60.9 Å². The molecule has 0 saturated carbocycles. The van der Waals surface area contributed by atoms with E-state index in [2.05, 4.69) is 26.7 Å². The van der Waals surface area contributed by atoms with Crippen molar-refractivity contribution >= 4 is 39.8 Å². The predicted molar refractivity (Wildman–Crippen MR) is 122 cm³/mol. The summed E-state index contributed by atoms with van der Waals surface area (Å²) in [4.78, 5) is 40.8. The lowest BCUT2D eigenvalue weighted by Gasteiger charge is -2.32. The van der Waals surface area contributed by atoms with Crippen LogP contribution in [-0.4, -0.2) is 60.6 Å². The number of imidazole rings is 1. The SMILES string of the molecule is O=C(O)C(=O)O.O=C(c1cc2ccccc2[nH]1)N1CCC(Cn2cnc3ccccc32)CC1. The van der Waals surface area contributed by atoms with Gasteiger partial charge in [-0.05, 0) is 43.0 Å². The molecule has 4 aromatic rings. The van der Waals surface area contributed by atoms with Gasteiger partial charge in [-0.25, -0.2) is 14.6 Å². The summed E-state index contributed by atoms with van der Waals surface area (Å²) in [5, 5.41) is 15.9. The highest BCUT2D eigenvalue weighted by molar-refractivity contribution is 6.27. The van der Waals surface area contributed by atoms with Gasteiger partial charge in [0.25, 0.3) is 5.91 Å². The lowest BCUT2D eigenvalue weighted by Crippen LogP contribution is -2.39.